The first-order valence-electron chi connectivity index (χ1n) is 5.01. The molecule has 0 aliphatic rings. The van der Waals surface area contributed by atoms with Crippen molar-refractivity contribution < 1.29 is 4.74 Å². The lowest BCUT2D eigenvalue weighted by Crippen LogP contribution is -2.44. The minimum absolute atomic E-state index is 0.457. The van der Waals surface area contributed by atoms with Gasteiger partial charge in [-0.15, -0.1) is 0 Å². The van der Waals surface area contributed by atoms with Gasteiger partial charge in [0, 0.05) is 14.1 Å². The number of methoxy groups -OCH3 is 1. The molecule has 0 bridgehead atoms. The summed E-state index contributed by atoms with van der Waals surface area (Å²) in [6, 6.07) is 7.82. The third-order valence-electron chi connectivity index (χ3n) is 2.28. The third kappa shape index (κ3) is 3.13. The molecule has 3 N–H and O–H groups in total. The summed E-state index contributed by atoms with van der Waals surface area (Å²) < 4.78 is 5.09. The van der Waals surface area contributed by atoms with Gasteiger partial charge in [-0.2, -0.15) is 0 Å². The molecule has 5 heteroatoms. The highest BCUT2D eigenvalue weighted by molar-refractivity contribution is 5.77. The molecule has 0 aliphatic carbocycles. The maximum absolute atomic E-state index is 5.72. The van der Waals surface area contributed by atoms with Crippen LogP contribution in [0.25, 0.3) is 0 Å². The molecular formula is C11H18N4O. The van der Waals surface area contributed by atoms with E-state index in [-0.39, 0.29) is 0 Å². The number of nitrogens with two attached hydrogens (primary N) is 1. The van der Waals surface area contributed by atoms with Crippen molar-refractivity contribution in [1.82, 2.24) is 10.4 Å². The predicted octanol–water partition coefficient (Wildman–Crippen LogP) is 0.576. The molecule has 88 valence electrons. The van der Waals surface area contributed by atoms with Gasteiger partial charge in [-0.1, -0.05) is 12.1 Å². The van der Waals surface area contributed by atoms with Crippen LogP contribution in [0, 0.1) is 0 Å². The van der Waals surface area contributed by atoms with Gasteiger partial charge in [0.15, 0.2) is 0 Å². The molecule has 0 fully saturated rings. The van der Waals surface area contributed by atoms with E-state index in [1.165, 1.54) is 0 Å². The normalized spacial score (nSPS) is 11.3. The first-order chi connectivity index (χ1) is 7.71. The number of nitrogens with one attached hydrogen (secondary N) is 1. The predicted molar refractivity (Wildman–Crippen MR) is 65.1 cm³/mol. The number of aliphatic imine (C=N–C) groups is 1. The van der Waals surface area contributed by atoms with Crippen LogP contribution in [-0.2, 0) is 6.54 Å². The van der Waals surface area contributed by atoms with Crippen molar-refractivity contribution in [3.05, 3.63) is 29.8 Å². The van der Waals surface area contributed by atoms with Crippen LogP contribution in [-0.4, -0.2) is 32.2 Å². The first-order valence-corrected chi connectivity index (χ1v) is 5.01. The molecule has 5 nitrogen and oxygen atoms in total. The number of ether oxygens (including phenoxy) is 1. The molecule has 0 spiro atoms. The molecule has 0 saturated heterocycles. The Morgan fingerprint density at radius 1 is 1.44 bits per heavy atom. The lowest BCUT2D eigenvalue weighted by Gasteiger charge is -2.21. The minimum Gasteiger partial charge on any atom is -0.497 e. The quantitative estimate of drug-likeness (QED) is 0.444. The summed E-state index contributed by atoms with van der Waals surface area (Å²) in [5.41, 5.74) is 9.82. The van der Waals surface area contributed by atoms with E-state index in [1.54, 1.807) is 19.2 Å². The molecule has 0 aromatic heterocycles. The van der Waals surface area contributed by atoms with Crippen LogP contribution in [0.2, 0.25) is 0 Å². The number of rotatable bonds is 4. The van der Waals surface area contributed by atoms with Crippen molar-refractivity contribution in [3.8, 4) is 5.75 Å². The van der Waals surface area contributed by atoms with E-state index in [2.05, 4.69) is 10.4 Å². The average molecular weight is 222 g/mol. The molecule has 16 heavy (non-hydrogen) atoms. The Hall–Kier alpha value is -1.75. The standard InChI is InChI=1S/C11H18N4O/c1-13-11(12)15(14-2)8-9-4-6-10(16-3)7-5-9/h4-7,14H,8H2,1-3H3,(H2,12,13). The first kappa shape index (κ1) is 12.3. The van der Waals surface area contributed by atoms with E-state index < -0.39 is 0 Å². The highest BCUT2D eigenvalue weighted by Gasteiger charge is 2.05. The molecule has 0 saturated carbocycles. The fraction of sp³-hybridized carbons (Fsp3) is 0.364. The molecule has 0 heterocycles. The summed E-state index contributed by atoms with van der Waals surface area (Å²) in [6.45, 7) is 0.656. The van der Waals surface area contributed by atoms with Gasteiger partial charge in [0.25, 0.3) is 0 Å². The van der Waals surface area contributed by atoms with E-state index in [9.17, 15) is 0 Å². The van der Waals surface area contributed by atoms with Gasteiger partial charge in [-0.3, -0.25) is 10.0 Å². The van der Waals surface area contributed by atoms with Crippen LogP contribution in [0.4, 0.5) is 0 Å². The lowest BCUT2D eigenvalue weighted by atomic mass is 10.2. The van der Waals surface area contributed by atoms with Crippen molar-refractivity contribution in [1.29, 1.82) is 0 Å². The van der Waals surface area contributed by atoms with Crippen molar-refractivity contribution >= 4 is 5.96 Å². The van der Waals surface area contributed by atoms with Gasteiger partial charge in [-0.25, -0.2) is 5.43 Å². The van der Waals surface area contributed by atoms with Crippen molar-refractivity contribution in [2.75, 3.05) is 21.2 Å². The van der Waals surface area contributed by atoms with Crippen LogP contribution >= 0.6 is 0 Å². The van der Waals surface area contributed by atoms with Gasteiger partial charge in [0.1, 0.15) is 5.75 Å². The molecular weight excluding hydrogens is 204 g/mol. The van der Waals surface area contributed by atoms with Gasteiger partial charge < -0.3 is 10.5 Å². The summed E-state index contributed by atoms with van der Waals surface area (Å²) in [4.78, 5) is 3.92. The summed E-state index contributed by atoms with van der Waals surface area (Å²) in [7, 11) is 5.12. The fourth-order valence-corrected chi connectivity index (χ4v) is 1.31. The maximum atomic E-state index is 5.72. The highest BCUT2D eigenvalue weighted by atomic mass is 16.5. The Kier molecular flexibility index (Phi) is 4.60. The number of hydrogen-bond acceptors (Lipinski definition) is 3. The Bertz CT molecular complexity index is 348. The molecule has 1 aromatic carbocycles. The highest BCUT2D eigenvalue weighted by Crippen LogP contribution is 2.12. The summed E-state index contributed by atoms with van der Waals surface area (Å²) in [5.74, 6) is 1.30. The zero-order chi connectivity index (χ0) is 12.0. The van der Waals surface area contributed by atoms with Crippen LogP contribution in [0.15, 0.2) is 29.3 Å². The van der Waals surface area contributed by atoms with Gasteiger partial charge >= 0.3 is 0 Å². The zero-order valence-electron chi connectivity index (χ0n) is 9.90. The van der Waals surface area contributed by atoms with E-state index in [4.69, 9.17) is 10.5 Å². The van der Waals surface area contributed by atoms with Gasteiger partial charge in [0.2, 0.25) is 5.96 Å². The number of benzene rings is 1. The molecule has 1 rings (SSSR count). The van der Waals surface area contributed by atoms with Crippen molar-refractivity contribution in [2.24, 2.45) is 10.7 Å². The number of hydrazine groups is 1. The average Bonchev–Trinajstić information content (AvgIpc) is 2.35. The molecule has 0 atom stereocenters. The van der Waals surface area contributed by atoms with Crippen LogP contribution < -0.4 is 15.9 Å². The zero-order valence-corrected chi connectivity index (χ0v) is 9.90. The Balaban J connectivity index is 2.70. The molecule has 1 aromatic rings. The number of hydrogen-bond donors (Lipinski definition) is 2. The lowest BCUT2D eigenvalue weighted by molar-refractivity contribution is 0.326. The smallest absolute Gasteiger partial charge is 0.205 e. The second-order valence-corrected chi connectivity index (χ2v) is 3.24. The van der Waals surface area contributed by atoms with E-state index in [0.717, 1.165) is 11.3 Å². The van der Waals surface area contributed by atoms with Crippen LogP contribution in [0.3, 0.4) is 0 Å². The third-order valence-corrected chi connectivity index (χ3v) is 2.28. The minimum atomic E-state index is 0.457. The second kappa shape index (κ2) is 5.97. The monoisotopic (exact) mass is 222 g/mol. The van der Waals surface area contributed by atoms with E-state index in [1.807, 2.05) is 31.3 Å². The van der Waals surface area contributed by atoms with Gasteiger partial charge in [0.05, 0.1) is 13.7 Å². The van der Waals surface area contributed by atoms with Crippen LogP contribution in [0.5, 0.6) is 5.75 Å². The second-order valence-electron chi connectivity index (χ2n) is 3.24. The van der Waals surface area contributed by atoms with Crippen molar-refractivity contribution in [2.45, 2.75) is 6.54 Å². The Morgan fingerprint density at radius 2 is 2.06 bits per heavy atom. The SMILES string of the molecule is CN=C(N)N(Cc1ccc(OC)cc1)NC. The maximum Gasteiger partial charge on any atom is 0.205 e. The Morgan fingerprint density at radius 3 is 2.50 bits per heavy atom. The largest absolute Gasteiger partial charge is 0.497 e. The van der Waals surface area contributed by atoms with Crippen molar-refractivity contribution in [3.63, 3.8) is 0 Å². The fourth-order valence-electron chi connectivity index (χ4n) is 1.31. The topological polar surface area (TPSA) is 62.9 Å². The molecule has 0 radical (unpaired) electrons. The van der Waals surface area contributed by atoms with Gasteiger partial charge in [-0.05, 0) is 17.7 Å². The summed E-state index contributed by atoms with van der Waals surface area (Å²) >= 11 is 0. The number of guanidine groups is 1. The van der Waals surface area contributed by atoms with Crippen LogP contribution in [0.1, 0.15) is 5.56 Å². The van der Waals surface area contributed by atoms with E-state index in [0.29, 0.717) is 12.5 Å². The number of nitrogens with zero attached hydrogens (tertiary/aromatic N) is 2. The summed E-state index contributed by atoms with van der Waals surface area (Å²) in [5, 5.41) is 1.77. The summed E-state index contributed by atoms with van der Waals surface area (Å²) in [6.07, 6.45) is 0. The molecule has 0 amide bonds. The molecule has 0 aliphatic heterocycles. The Labute approximate surface area is 95.9 Å². The molecule has 0 unspecified atom stereocenters. The van der Waals surface area contributed by atoms with E-state index >= 15 is 0 Å².